The average Bonchev–Trinajstić information content (AvgIpc) is 3.21. The van der Waals surface area contributed by atoms with Gasteiger partial charge in [0.1, 0.15) is 11.6 Å². The maximum atomic E-state index is 5.21. The Bertz CT molecular complexity index is 1030. The topological polar surface area (TPSA) is 80.1 Å². The van der Waals surface area contributed by atoms with E-state index in [-0.39, 0.29) is 6.04 Å². The van der Waals surface area contributed by atoms with Crippen LogP contribution in [0.2, 0.25) is 0 Å². The number of imidazole rings is 1. The fourth-order valence-electron chi connectivity index (χ4n) is 2.93. The largest absolute Gasteiger partial charge is 0.378 e. The lowest BCUT2D eigenvalue weighted by molar-refractivity contribution is 0.181. The molecule has 7 nitrogen and oxygen atoms in total. The number of rotatable bonds is 5. The van der Waals surface area contributed by atoms with Gasteiger partial charge in [0, 0.05) is 19.2 Å². The number of aromatic amines is 1. The maximum Gasteiger partial charge on any atom is 0.157 e. The lowest BCUT2D eigenvalue weighted by Crippen LogP contribution is -2.13. The van der Waals surface area contributed by atoms with Gasteiger partial charge in [-0.15, -0.1) is 0 Å². The number of ether oxygens (including phenoxy) is 1. The highest BCUT2D eigenvalue weighted by molar-refractivity contribution is 5.76. The van der Waals surface area contributed by atoms with Crippen molar-refractivity contribution in [2.75, 3.05) is 12.4 Å². The first-order chi connectivity index (χ1) is 12.1. The van der Waals surface area contributed by atoms with E-state index in [2.05, 4.69) is 51.3 Å². The molecule has 0 aliphatic rings. The molecule has 0 bridgehead atoms. The second kappa shape index (κ2) is 6.18. The predicted molar refractivity (Wildman–Crippen MR) is 96.6 cm³/mol. The Morgan fingerprint density at radius 1 is 1.24 bits per heavy atom. The third-order valence-electron chi connectivity index (χ3n) is 4.13. The van der Waals surface area contributed by atoms with Gasteiger partial charge in [0.25, 0.3) is 0 Å². The first kappa shape index (κ1) is 15.6. The molecule has 4 aromatic rings. The van der Waals surface area contributed by atoms with Crippen LogP contribution in [0, 0.1) is 6.92 Å². The SMILES string of the molecule is COCc1cc(N[C@@H](C)c2nc3ccc(C)cc3[nH]2)n2nccc2n1. The van der Waals surface area contributed by atoms with Crippen LogP contribution in [0.3, 0.4) is 0 Å². The molecule has 0 fully saturated rings. The molecule has 2 N–H and O–H groups in total. The zero-order valence-corrected chi connectivity index (χ0v) is 14.4. The first-order valence-corrected chi connectivity index (χ1v) is 8.19. The molecule has 0 unspecified atom stereocenters. The van der Waals surface area contributed by atoms with Gasteiger partial charge in [-0.2, -0.15) is 9.61 Å². The minimum Gasteiger partial charge on any atom is -0.378 e. The van der Waals surface area contributed by atoms with Crippen LogP contribution in [0.25, 0.3) is 16.7 Å². The number of hydrogen-bond donors (Lipinski definition) is 2. The third kappa shape index (κ3) is 2.94. The van der Waals surface area contributed by atoms with E-state index in [9.17, 15) is 0 Å². The van der Waals surface area contributed by atoms with Crippen molar-refractivity contribution in [3.63, 3.8) is 0 Å². The van der Waals surface area contributed by atoms with Crippen LogP contribution in [0.1, 0.15) is 30.0 Å². The van der Waals surface area contributed by atoms with Crippen LogP contribution in [0.4, 0.5) is 5.82 Å². The van der Waals surface area contributed by atoms with E-state index in [1.807, 2.05) is 18.2 Å². The van der Waals surface area contributed by atoms with Gasteiger partial charge in [-0.1, -0.05) is 6.07 Å². The van der Waals surface area contributed by atoms with Crippen molar-refractivity contribution in [2.24, 2.45) is 0 Å². The van der Waals surface area contributed by atoms with E-state index in [0.717, 1.165) is 34.0 Å². The van der Waals surface area contributed by atoms with Crippen LogP contribution in [0.15, 0.2) is 36.5 Å². The van der Waals surface area contributed by atoms with E-state index in [1.54, 1.807) is 17.8 Å². The van der Waals surface area contributed by atoms with E-state index in [0.29, 0.717) is 6.61 Å². The summed E-state index contributed by atoms with van der Waals surface area (Å²) in [6.45, 7) is 4.59. The Balaban J connectivity index is 1.68. The van der Waals surface area contributed by atoms with Gasteiger partial charge < -0.3 is 15.0 Å². The molecule has 4 rings (SSSR count). The Morgan fingerprint density at radius 3 is 2.96 bits per heavy atom. The third-order valence-corrected chi connectivity index (χ3v) is 4.13. The van der Waals surface area contributed by atoms with E-state index in [4.69, 9.17) is 4.74 Å². The van der Waals surface area contributed by atoms with Crippen molar-refractivity contribution in [2.45, 2.75) is 26.5 Å². The highest BCUT2D eigenvalue weighted by Crippen LogP contribution is 2.22. The number of anilines is 1. The number of aromatic nitrogens is 5. The number of benzene rings is 1. The van der Waals surface area contributed by atoms with E-state index in [1.165, 1.54) is 5.56 Å². The summed E-state index contributed by atoms with van der Waals surface area (Å²) in [6, 6.07) is 10.0. The molecular formula is C18H20N6O. The molecule has 1 aromatic carbocycles. The van der Waals surface area contributed by atoms with Crippen LogP contribution < -0.4 is 5.32 Å². The Kier molecular flexibility index (Phi) is 3.85. The molecule has 1 atom stereocenters. The van der Waals surface area contributed by atoms with Crippen molar-refractivity contribution in [3.05, 3.63) is 53.6 Å². The molecule has 25 heavy (non-hydrogen) atoms. The molecular weight excluding hydrogens is 316 g/mol. The predicted octanol–water partition coefficient (Wildman–Crippen LogP) is 3.23. The Hall–Kier alpha value is -2.93. The zero-order valence-electron chi connectivity index (χ0n) is 14.4. The second-order valence-electron chi connectivity index (χ2n) is 6.18. The van der Waals surface area contributed by atoms with Crippen molar-refractivity contribution < 1.29 is 4.74 Å². The summed E-state index contributed by atoms with van der Waals surface area (Å²) >= 11 is 0. The summed E-state index contributed by atoms with van der Waals surface area (Å²) in [4.78, 5) is 12.6. The smallest absolute Gasteiger partial charge is 0.157 e. The molecule has 0 amide bonds. The second-order valence-corrected chi connectivity index (χ2v) is 6.18. The minimum absolute atomic E-state index is 0.0158. The molecule has 0 saturated carbocycles. The number of nitrogens with one attached hydrogen (secondary N) is 2. The van der Waals surface area contributed by atoms with Gasteiger partial charge in [-0.25, -0.2) is 9.97 Å². The lowest BCUT2D eigenvalue weighted by atomic mass is 10.2. The number of hydrogen-bond acceptors (Lipinski definition) is 5. The van der Waals surface area contributed by atoms with Crippen molar-refractivity contribution in [3.8, 4) is 0 Å². The summed E-state index contributed by atoms with van der Waals surface area (Å²) in [6.07, 6.45) is 1.73. The van der Waals surface area contributed by atoms with E-state index < -0.39 is 0 Å². The fourth-order valence-corrected chi connectivity index (χ4v) is 2.93. The molecule has 0 saturated heterocycles. The summed E-state index contributed by atoms with van der Waals surface area (Å²) in [5, 5.41) is 7.81. The summed E-state index contributed by atoms with van der Waals surface area (Å²) in [5.41, 5.74) is 4.85. The van der Waals surface area contributed by atoms with Gasteiger partial charge in [-0.3, -0.25) is 0 Å². The number of methoxy groups -OCH3 is 1. The summed E-state index contributed by atoms with van der Waals surface area (Å²) in [5.74, 6) is 1.73. The van der Waals surface area contributed by atoms with Crippen molar-refractivity contribution in [1.29, 1.82) is 0 Å². The minimum atomic E-state index is -0.0158. The lowest BCUT2D eigenvalue weighted by Gasteiger charge is -2.15. The molecule has 128 valence electrons. The van der Waals surface area contributed by atoms with Crippen LogP contribution in [0.5, 0.6) is 0 Å². The number of fused-ring (bicyclic) bond motifs is 2. The first-order valence-electron chi connectivity index (χ1n) is 8.19. The van der Waals surface area contributed by atoms with Gasteiger partial charge >= 0.3 is 0 Å². The van der Waals surface area contributed by atoms with Crippen molar-refractivity contribution in [1.82, 2.24) is 24.6 Å². The van der Waals surface area contributed by atoms with Crippen LogP contribution in [-0.4, -0.2) is 31.7 Å². The highest BCUT2D eigenvalue weighted by Gasteiger charge is 2.14. The number of H-pyrrole nitrogens is 1. The van der Waals surface area contributed by atoms with Gasteiger partial charge in [0.05, 0.1) is 35.6 Å². The molecule has 0 spiro atoms. The zero-order chi connectivity index (χ0) is 17.4. The maximum absolute atomic E-state index is 5.21. The van der Waals surface area contributed by atoms with Crippen molar-refractivity contribution >= 4 is 22.5 Å². The van der Waals surface area contributed by atoms with Gasteiger partial charge in [0.15, 0.2) is 5.65 Å². The monoisotopic (exact) mass is 336 g/mol. The van der Waals surface area contributed by atoms with E-state index >= 15 is 0 Å². The molecule has 0 radical (unpaired) electrons. The highest BCUT2D eigenvalue weighted by atomic mass is 16.5. The summed E-state index contributed by atoms with van der Waals surface area (Å²) in [7, 11) is 1.66. The number of aryl methyl sites for hydroxylation is 1. The van der Waals surface area contributed by atoms with Gasteiger partial charge in [-0.05, 0) is 31.5 Å². The average molecular weight is 336 g/mol. The molecule has 3 aromatic heterocycles. The molecule has 0 aliphatic heterocycles. The fraction of sp³-hybridized carbons (Fsp3) is 0.278. The standard InChI is InChI=1S/C18H20N6O/c1-11-4-5-14-15(8-11)23-18(22-14)12(2)20-17-9-13(10-25-3)21-16-6-7-19-24(16)17/h4-9,12,20H,10H2,1-3H3,(H,22,23)/t12-/m0/s1. The molecule has 3 heterocycles. The number of nitrogens with zero attached hydrogens (tertiary/aromatic N) is 4. The van der Waals surface area contributed by atoms with Crippen LogP contribution in [-0.2, 0) is 11.3 Å². The Morgan fingerprint density at radius 2 is 2.12 bits per heavy atom. The molecule has 7 heteroatoms. The quantitative estimate of drug-likeness (QED) is 0.585. The van der Waals surface area contributed by atoms with Crippen LogP contribution >= 0.6 is 0 Å². The normalized spacial score (nSPS) is 12.8. The molecule has 0 aliphatic carbocycles. The van der Waals surface area contributed by atoms with Gasteiger partial charge in [0.2, 0.25) is 0 Å². The Labute approximate surface area is 145 Å². The summed E-state index contributed by atoms with van der Waals surface area (Å²) < 4.78 is 6.99.